The molecule has 3 N–H and O–H groups in total. The van der Waals surface area contributed by atoms with Crippen LogP contribution in [0.1, 0.15) is 16.5 Å². The van der Waals surface area contributed by atoms with Crippen LogP contribution in [0.5, 0.6) is 0 Å². The third-order valence-electron chi connectivity index (χ3n) is 2.39. The Morgan fingerprint density at radius 1 is 1.56 bits per heavy atom. The Labute approximate surface area is 98.5 Å². The topological polar surface area (TPSA) is 64.1 Å². The second-order valence-electron chi connectivity index (χ2n) is 3.71. The van der Waals surface area contributed by atoms with Crippen molar-refractivity contribution in [3.05, 3.63) is 40.2 Å². The highest BCUT2D eigenvalue weighted by Crippen LogP contribution is 2.12. The van der Waals surface area contributed by atoms with Crippen LogP contribution in [0.25, 0.3) is 0 Å². The molecule has 16 heavy (non-hydrogen) atoms. The van der Waals surface area contributed by atoms with Gasteiger partial charge in [-0.1, -0.05) is 0 Å². The Balaban J connectivity index is 1.95. The summed E-state index contributed by atoms with van der Waals surface area (Å²) >= 11 is 1.66. The molecular weight excluding hydrogens is 222 g/mol. The third kappa shape index (κ3) is 2.91. The lowest BCUT2D eigenvalue weighted by Gasteiger charge is -2.12. The number of nitrogens with zero attached hydrogens (tertiary/aromatic N) is 1. The summed E-state index contributed by atoms with van der Waals surface area (Å²) < 4.78 is 5.30. The number of hydrogen-bond acceptors (Lipinski definition) is 5. The van der Waals surface area contributed by atoms with Crippen molar-refractivity contribution < 1.29 is 4.42 Å². The van der Waals surface area contributed by atoms with Crippen molar-refractivity contribution in [1.82, 2.24) is 10.4 Å². The molecule has 0 aliphatic heterocycles. The highest BCUT2D eigenvalue weighted by molar-refractivity contribution is 7.09. The normalized spacial score (nSPS) is 12.9. The highest BCUT2D eigenvalue weighted by atomic mass is 32.1. The Kier molecular flexibility index (Phi) is 3.71. The number of nitrogens with two attached hydrogens (primary N) is 1. The molecule has 0 bridgehead atoms. The second-order valence-corrected chi connectivity index (χ2v) is 4.77. The molecule has 0 saturated heterocycles. The molecule has 0 saturated carbocycles. The van der Waals surface area contributed by atoms with Crippen LogP contribution in [0.15, 0.2) is 28.2 Å². The van der Waals surface area contributed by atoms with Crippen molar-refractivity contribution in [1.29, 1.82) is 0 Å². The predicted octanol–water partition coefficient (Wildman–Crippen LogP) is 1.66. The van der Waals surface area contributed by atoms with E-state index in [1.165, 1.54) is 0 Å². The molecular formula is C11H15N3OS. The lowest BCUT2D eigenvalue weighted by Crippen LogP contribution is -2.38. The van der Waals surface area contributed by atoms with Gasteiger partial charge in [-0.3, -0.25) is 11.3 Å². The van der Waals surface area contributed by atoms with Crippen LogP contribution in [0.3, 0.4) is 0 Å². The van der Waals surface area contributed by atoms with E-state index in [9.17, 15) is 0 Å². The average Bonchev–Trinajstić information content (AvgIpc) is 2.89. The zero-order valence-corrected chi connectivity index (χ0v) is 9.96. The van der Waals surface area contributed by atoms with E-state index in [1.54, 1.807) is 17.6 Å². The summed E-state index contributed by atoms with van der Waals surface area (Å²) in [5, 5.41) is 3.16. The molecule has 0 aliphatic rings. The van der Waals surface area contributed by atoms with Crippen LogP contribution < -0.4 is 11.3 Å². The maximum atomic E-state index is 5.53. The molecule has 4 nitrogen and oxygen atoms in total. The van der Waals surface area contributed by atoms with E-state index in [4.69, 9.17) is 10.3 Å². The van der Waals surface area contributed by atoms with Gasteiger partial charge in [0.2, 0.25) is 0 Å². The predicted molar refractivity (Wildman–Crippen MR) is 64.1 cm³/mol. The second kappa shape index (κ2) is 5.25. The fraction of sp³-hybridized carbons (Fsp3) is 0.364. The number of furan rings is 1. The van der Waals surface area contributed by atoms with Gasteiger partial charge >= 0.3 is 0 Å². The van der Waals surface area contributed by atoms with Gasteiger partial charge in [-0.25, -0.2) is 4.98 Å². The minimum Gasteiger partial charge on any atom is -0.469 e. The number of aromatic nitrogens is 1. The lowest BCUT2D eigenvalue weighted by molar-refractivity contribution is 0.442. The van der Waals surface area contributed by atoms with Gasteiger partial charge in [0.15, 0.2) is 0 Å². The van der Waals surface area contributed by atoms with E-state index >= 15 is 0 Å². The molecule has 1 atom stereocenters. The average molecular weight is 237 g/mol. The van der Waals surface area contributed by atoms with Crippen molar-refractivity contribution in [2.45, 2.75) is 25.8 Å². The van der Waals surface area contributed by atoms with Crippen LogP contribution in [0, 0.1) is 6.92 Å². The summed E-state index contributed by atoms with van der Waals surface area (Å²) in [5.41, 5.74) is 3.88. The smallest absolute Gasteiger partial charge is 0.105 e. The fourth-order valence-corrected chi connectivity index (χ4v) is 2.24. The van der Waals surface area contributed by atoms with Crippen LogP contribution >= 0.6 is 11.3 Å². The number of rotatable bonds is 5. The van der Waals surface area contributed by atoms with Crippen LogP contribution in [0.2, 0.25) is 0 Å². The molecule has 0 spiro atoms. The summed E-state index contributed by atoms with van der Waals surface area (Å²) in [6, 6.07) is 4.00. The molecule has 0 radical (unpaired) electrons. The third-order valence-corrected chi connectivity index (χ3v) is 3.21. The molecule has 2 heterocycles. The summed E-state index contributed by atoms with van der Waals surface area (Å²) in [7, 11) is 0. The zero-order valence-electron chi connectivity index (χ0n) is 9.14. The summed E-state index contributed by atoms with van der Waals surface area (Å²) in [6.07, 6.45) is 3.28. The molecule has 1 unspecified atom stereocenters. The standard InChI is InChI=1S/C11H15N3OS/c1-8-13-10(7-16-8)5-9(14-12)6-11-3-2-4-15-11/h2-4,7,9,14H,5-6,12H2,1H3. The molecule has 5 heteroatoms. The van der Waals surface area contributed by atoms with E-state index in [1.807, 2.05) is 19.1 Å². The SMILES string of the molecule is Cc1nc(CC(Cc2ccco2)NN)cs1. The summed E-state index contributed by atoms with van der Waals surface area (Å²) in [4.78, 5) is 4.42. The minimum atomic E-state index is 0.160. The number of hydrogen-bond donors (Lipinski definition) is 2. The monoisotopic (exact) mass is 237 g/mol. The lowest BCUT2D eigenvalue weighted by atomic mass is 10.1. The molecule has 2 aromatic rings. The largest absolute Gasteiger partial charge is 0.469 e. The van der Waals surface area contributed by atoms with E-state index in [2.05, 4.69) is 15.8 Å². The van der Waals surface area contributed by atoms with Crippen molar-refractivity contribution in [3.8, 4) is 0 Å². The molecule has 86 valence electrons. The molecule has 2 aromatic heterocycles. The summed E-state index contributed by atoms with van der Waals surface area (Å²) in [5.74, 6) is 6.47. The highest BCUT2D eigenvalue weighted by Gasteiger charge is 2.12. The molecule has 0 fully saturated rings. The van der Waals surface area contributed by atoms with E-state index in [0.29, 0.717) is 0 Å². The van der Waals surface area contributed by atoms with Crippen LogP contribution in [-0.2, 0) is 12.8 Å². The van der Waals surface area contributed by atoms with Crippen molar-refractivity contribution >= 4 is 11.3 Å². The maximum Gasteiger partial charge on any atom is 0.105 e. The first-order chi connectivity index (χ1) is 7.78. The minimum absolute atomic E-state index is 0.160. The number of hydrazine groups is 1. The number of nitrogens with one attached hydrogen (secondary N) is 1. The Hall–Kier alpha value is -1.17. The summed E-state index contributed by atoms with van der Waals surface area (Å²) in [6.45, 7) is 2.01. The van der Waals surface area contributed by atoms with Gasteiger partial charge < -0.3 is 4.42 Å². The zero-order chi connectivity index (χ0) is 11.4. The van der Waals surface area contributed by atoms with Gasteiger partial charge in [0, 0.05) is 24.3 Å². The molecule has 0 aromatic carbocycles. The van der Waals surface area contributed by atoms with E-state index in [0.717, 1.165) is 29.3 Å². The van der Waals surface area contributed by atoms with Gasteiger partial charge in [0.05, 0.1) is 17.0 Å². The molecule has 0 aliphatic carbocycles. The quantitative estimate of drug-likeness (QED) is 0.613. The van der Waals surface area contributed by atoms with Gasteiger partial charge in [0.25, 0.3) is 0 Å². The van der Waals surface area contributed by atoms with Gasteiger partial charge in [-0.2, -0.15) is 0 Å². The van der Waals surface area contributed by atoms with Gasteiger partial charge in [-0.15, -0.1) is 11.3 Å². The number of thiazole rings is 1. The van der Waals surface area contributed by atoms with Crippen molar-refractivity contribution in [2.75, 3.05) is 0 Å². The first-order valence-electron chi connectivity index (χ1n) is 5.17. The van der Waals surface area contributed by atoms with Crippen molar-refractivity contribution in [2.24, 2.45) is 5.84 Å². The number of aryl methyl sites for hydroxylation is 1. The van der Waals surface area contributed by atoms with E-state index in [-0.39, 0.29) is 6.04 Å². The fourth-order valence-electron chi connectivity index (χ4n) is 1.62. The van der Waals surface area contributed by atoms with Gasteiger partial charge in [0.1, 0.15) is 5.76 Å². The molecule has 0 amide bonds. The Morgan fingerprint density at radius 3 is 3.00 bits per heavy atom. The Morgan fingerprint density at radius 2 is 2.44 bits per heavy atom. The van der Waals surface area contributed by atoms with Crippen LogP contribution in [-0.4, -0.2) is 11.0 Å². The van der Waals surface area contributed by atoms with Crippen molar-refractivity contribution in [3.63, 3.8) is 0 Å². The Bertz CT molecular complexity index is 424. The molecule has 2 rings (SSSR count). The van der Waals surface area contributed by atoms with Crippen LogP contribution in [0.4, 0.5) is 0 Å². The van der Waals surface area contributed by atoms with E-state index < -0.39 is 0 Å². The van der Waals surface area contributed by atoms with Gasteiger partial charge in [-0.05, 0) is 19.1 Å². The first kappa shape index (κ1) is 11.3. The first-order valence-corrected chi connectivity index (χ1v) is 6.05. The maximum absolute atomic E-state index is 5.53.